The molecule has 0 spiro atoms. The van der Waals surface area contributed by atoms with Crippen LogP contribution in [-0.2, 0) is 6.54 Å². The number of benzene rings is 1. The number of aliphatic hydroxyl groups excluding tert-OH is 3. The lowest BCUT2D eigenvalue weighted by Gasteiger charge is -2.66. The second-order valence-electron chi connectivity index (χ2n) is 12.3. The predicted molar refractivity (Wildman–Crippen MR) is 134 cm³/mol. The van der Waals surface area contributed by atoms with Crippen LogP contribution in [0.4, 0.5) is 0 Å². The van der Waals surface area contributed by atoms with Gasteiger partial charge in [0.05, 0.1) is 41.8 Å². The molecule has 10 heteroatoms. The summed E-state index contributed by atoms with van der Waals surface area (Å²) in [4.78, 5) is 0. The van der Waals surface area contributed by atoms with Crippen molar-refractivity contribution in [1.82, 2.24) is 15.0 Å². The van der Waals surface area contributed by atoms with Crippen molar-refractivity contribution in [2.24, 2.45) is 17.3 Å². The van der Waals surface area contributed by atoms with Gasteiger partial charge in [0.25, 0.3) is 0 Å². The first kappa shape index (κ1) is 25.7. The summed E-state index contributed by atoms with van der Waals surface area (Å²) in [7, 11) is 0. The van der Waals surface area contributed by atoms with Gasteiger partial charge in [-0.2, -0.15) is 0 Å². The Balaban J connectivity index is 1.30. The van der Waals surface area contributed by atoms with Crippen molar-refractivity contribution in [1.29, 1.82) is 0 Å². The number of halogens is 1. The van der Waals surface area contributed by atoms with Crippen molar-refractivity contribution in [2.45, 2.75) is 99.4 Å². The summed E-state index contributed by atoms with van der Waals surface area (Å²) in [5, 5.41) is 77.7. The van der Waals surface area contributed by atoms with Crippen molar-refractivity contribution in [3.05, 3.63) is 46.7 Å². The molecule has 0 bridgehead atoms. The molecule has 37 heavy (non-hydrogen) atoms. The van der Waals surface area contributed by atoms with Crippen LogP contribution in [0.15, 0.2) is 30.5 Å². The standard InChI is InChI=1S/C27H36ClN3O6/c1-24-12-21(33)23-19(6-8-25(35)11-17(32)10-22(34)27(23,25)37)26(24,36)9-7-18(24)20-14-31(30-29-20)13-15-2-4-16(28)5-3-15/h2-5,14,17-19,21-23,32-37H,6-13H2,1H3/t17-,18+,19?,21+,22+,23?,24+,25-,26-,27-/m0/s1. The minimum absolute atomic E-state index is 0.0639. The molecule has 1 heterocycles. The molecular weight excluding hydrogens is 498 g/mol. The van der Waals surface area contributed by atoms with Gasteiger partial charge in [0.15, 0.2) is 0 Å². The molecule has 4 saturated carbocycles. The fraction of sp³-hybridized carbons (Fsp3) is 0.704. The lowest BCUT2D eigenvalue weighted by molar-refractivity contribution is -0.333. The molecule has 0 saturated heterocycles. The topological polar surface area (TPSA) is 152 Å². The summed E-state index contributed by atoms with van der Waals surface area (Å²) >= 11 is 5.99. The maximum atomic E-state index is 12.3. The van der Waals surface area contributed by atoms with Crippen molar-refractivity contribution in [2.75, 3.05) is 0 Å². The van der Waals surface area contributed by atoms with Crippen LogP contribution in [0.2, 0.25) is 5.02 Å². The Morgan fingerprint density at radius 3 is 2.49 bits per heavy atom. The molecule has 6 N–H and O–H groups in total. The molecule has 2 unspecified atom stereocenters. The lowest BCUT2D eigenvalue weighted by atomic mass is 9.44. The van der Waals surface area contributed by atoms with Gasteiger partial charge in [0, 0.05) is 41.3 Å². The van der Waals surface area contributed by atoms with Gasteiger partial charge in [-0.15, -0.1) is 5.10 Å². The van der Waals surface area contributed by atoms with Crippen LogP contribution in [0.1, 0.15) is 69.0 Å². The number of hydrogen-bond donors (Lipinski definition) is 6. The maximum absolute atomic E-state index is 12.3. The van der Waals surface area contributed by atoms with Crippen LogP contribution < -0.4 is 0 Å². The van der Waals surface area contributed by atoms with E-state index in [1.807, 2.05) is 37.4 Å². The monoisotopic (exact) mass is 533 g/mol. The zero-order valence-corrected chi connectivity index (χ0v) is 21.7. The third-order valence-electron chi connectivity index (χ3n) is 10.5. The molecule has 6 rings (SSSR count). The summed E-state index contributed by atoms with van der Waals surface area (Å²) in [5.41, 5.74) is -3.91. The summed E-state index contributed by atoms with van der Waals surface area (Å²) in [6, 6.07) is 7.53. The van der Waals surface area contributed by atoms with E-state index in [0.29, 0.717) is 30.8 Å². The minimum Gasteiger partial charge on any atom is -0.393 e. The number of aliphatic hydroxyl groups is 6. The highest BCUT2D eigenvalue weighted by Crippen LogP contribution is 2.69. The third-order valence-corrected chi connectivity index (χ3v) is 10.8. The minimum atomic E-state index is -2.01. The van der Waals surface area contributed by atoms with E-state index in [2.05, 4.69) is 10.3 Å². The van der Waals surface area contributed by atoms with Gasteiger partial charge in [-0.25, -0.2) is 4.68 Å². The van der Waals surface area contributed by atoms with Gasteiger partial charge in [-0.05, 0) is 55.7 Å². The molecule has 0 amide bonds. The molecule has 0 radical (unpaired) electrons. The molecule has 1 aromatic carbocycles. The van der Waals surface area contributed by atoms with Crippen LogP contribution in [0.25, 0.3) is 0 Å². The Bertz CT molecular complexity index is 1180. The summed E-state index contributed by atoms with van der Waals surface area (Å²) in [6.07, 6.45) is 0.164. The predicted octanol–water partition coefficient (Wildman–Crippen LogP) is 1.36. The van der Waals surface area contributed by atoms with E-state index in [1.165, 1.54) is 0 Å². The van der Waals surface area contributed by atoms with E-state index in [-0.39, 0.29) is 31.6 Å². The van der Waals surface area contributed by atoms with Crippen molar-refractivity contribution in [3.63, 3.8) is 0 Å². The van der Waals surface area contributed by atoms with Crippen molar-refractivity contribution in [3.8, 4) is 0 Å². The highest BCUT2D eigenvalue weighted by Gasteiger charge is 2.75. The van der Waals surface area contributed by atoms with Crippen LogP contribution in [0.5, 0.6) is 0 Å². The maximum Gasteiger partial charge on any atom is 0.125 e. The Kier molecular flexibility index (Phi) is 5.87. The van der Waals surface area contributed by atoms with E-state index in [4.69, 9.17) is 11.6 Å². The quantitative estimate of drug-likeness (QED) is 0.346. The third kappa shape index (κ3) is 3.51. The first-order chi connectivity index (χ1) is 17.4. The normalized spacial score (nSPS) is 47.2. The number of nitrogens with zero attached hydrogens (tertiary/aromatic N) is 3. The second kappa shape index (κ2) is 8.45. The average molecular weight is 534 g/mol. The SMILES string of the molecule is C[C@]12C[C@@H](O)C3C(CC[C@]4(O)C[C@@H](O)C[C@@H](O)[C@]34O)[C@@]1(O)CC[C@@H]2c1cn(Cc2ccc(Cl)cc2)nn1. The fourth-order valence-electron chi connectivity index (χ4n) is 8.76. The molecule has 202 valence electrons. The smallest absolute Gasteiger partial charge is 0.125 e. The first-order valence-corrected chi connectivity index (χ1v) is 13.6. The Hall–Kier alpha value is -1.59. The van der Waals surface area contributed by atoms with Crippen molar-refractivity contribution >= 4 is 11.6 Å². The molecule has 0 aliphatic heterocycles. The van der Waals surface area contributed by atoms with Crippen LogP contribution in [0, 0.1) is 17.3 Å². The zero-order chi connectivity index (χ0) is 26.4. The Morgan fingerprint density at radius 1 is 1.03 bits per heavy atom. The van der Waals surface area contributed by atoms with Crippen LogP contribution in [-0.4, -0.2) is 80.7 Å². The van der Waals surface area contributed by atoms with Crippen LogP contribution in [0.3, 0.4) is 0 Å². The number of rotatable bonds is 3. The average Bonchev–Trinajstić information content (AvgIpc) is 3.38. The summed E-state index contributed by atoms with van der Waals surface area (Å²) in [6.45, 7) is 2.51. The molecule has 4 fully saturated rings. The Morgan fingerprint density at radius 2 is 1.76 bits per heavy atom. The molecule has 10 atom stereocenters. The molecule has 9 nitrogen and oxygen atoms in total. The van der Waals surface area contributed by atoms with Gasteiger partial charge in [-0.1, -0.05) is 35.9 Å². The van der Waals surface area contributed by atoms with Gasteiger partial charge in [0.1, 0.15) is 5.60 Å². The number of aromatic nitrogens is 3. The van der Waals surface area contributed by atoms with E-state index in [1.54, 1.807) is 4.68 Å². The van der Waals surface area contributed by atoms with Gasteiger partial charge in [-0.3, -0.25) is 0 Å². The number of hydrogen-bond acceptors (Lipinski definition) is 8. The largest absolute Gasteiger partial charge is 0.393 e. The molecule has 1 aromatic heterocycles. The highest BCUT2D eigenvalue weighted by atomic mass is 35.5. The Labute approximate surface area is 220 Å². The zero-order valence-electron chi connectivity index (χ0n) is 20.9. The molecule has 2 aromatic rings. The summed E-state index contributed by atoms with van der Waals surface area (Å²) in [5.74, 6) is -1.59. The van der Waals surface area contributed by atoms with E-state index < -0.39 is 52.4 Å². The fourth-order valence-corrected chi connectivity index (χ4v) is 8.88. The molecule has 4 aliphatic rings. The van der Waals surface area contributed by atoms with Gasteiger partial charge >= 0.3 is 0 Å². The first-order valence-electron chi connectivity index (χ1n) is 13.3. The number of fused-ring (bicyclic) bond motifs is 5. The lowest BCUT2D eigenvalue weighted by Crippen LogP contribution is -2.78. The highest BCUT2D eigenvalue weighted by molar-refractivity contribution is 6.30. The van der Waals surface area contributed by atoms with Gasteiger partial charge in [0.2, 0.25) is 0 Å². The van der Waals surface area contributed by atoms with E-state index in [0.717, 1.165) is 11.3 Å². The molecular formula is C27H36ClN3O6. The van der Waals surface area contributed by atoms with E-state index in [9.17, 15) is 30.6 Å². The van der Waals surface area contributed by atoms with E-state index >= 15 is 0 Å². The summed E-state index contributed by atoms with van der Waals surface area (Å²) < 4.78 is 1.76. The second-order valence-corrected chi connectivity index (χ2v) is 12.7. The van der Waals surface area contributed by atoms with Crippen LogP contribution >= 0.6 is 11.6 Å². The molecule has 4 aliphatic carbocycles. The van der Waals surface area contributed by atoms with Gasteiger partial charge < -0.3 is 30.6 Å². The van der Waals surface area contributed by atoms with Crippen molar-refractivity contribution < 1.29 is 30.6 Å².